The SMILES string of the molecule is CC.CC1=CCN(C)CC1.CN1CCCCC1.CN1CCN(C)CC1. The highest BCUT2D eigenvalue weighted by molar-refractivity contribution is 5.02. The summed E-state index contributed by atoms with van der Waals surface area (Å²) in [4.78, 5) is 9.44. The summed E-state index contributed by atoms with van der Waals surface area (Å²) in [6.07, 6.45) is 7.83. The predicted octanol–water partition coefficient (Wildman–Crippen LogP) is 3.26. The fourth-order valence-electron chi connectivity index (χ4n) is 2.83. The first-order valence-electron chi connectivity index (χ1n) is 10.4. The first-order chi connectivity index (χ1) is 12.0. The van der Waals surface area contributed by atoms with Crippen molar-refractivity contribution in [2.45, 2.75) is 46.5 Å². The maximum absolute atomic E-state index is 2.39. The fourth-order valence-corrected chi connectivity index (χ4v) is 2.83. The van der Waals surface area contributed by atoms with E-state index in [-0.39, 0.29) is 0 Å². The number of likely N-dealkylation sites (N-methyl/N-ethyl adjacent to an activating group) is 3. The summed E-state index contributed by atoms with van der Waals surface area (Å²) in [7, 11) is 8.70. The Kier molecular flexibility index (Phi) is 15.5. The molecule has 3 aliphatic rings. The molecule has 0 aromatic heterocycles. The van der Waals surface area contributed by atoms with Crippen LogP contribution in [0.1, 0.15) is 46.5 Å². The number of piperazine rings is 1. The number of hydrogen-bond donors (Lipinski definition) is 0. The molecular formula is C21H46N4. The molecule has 0 aromatic rings. The maximum Gasteiger partial charge on any atom is 0.0162 e. The van der Waals surface area contributed by atoms with Crippen LogP contribution in [0.15, 0.2) is 11.6 Å². The maximum atomic E-state index is 2.39. The highest BCUT2D eigenvalue weighted by atomic mass is 15.2. The van der Waals surface area contributed by atoms with Crippen LogP contribution in [-0.4, -0.2) is 100 Å². The van der Waals surface area contributed by atoms with Crippen LogP contribution in [0, 0.1) is 0 Å². The van der Waals surface area contributed by atoms with Gasteiger partial charge in [-0.2, -0.15) is 0 Å². The zero-order chi connectivity index (χ0) is 19.1. The third-order valence-corrected chi connectivity index (χ3v) is 4.95. The van der Waals surface area contributed by atoms with Crippen LogP contribution in [0.25, 0.3) is 0 Å². The van der Waals surface area contributed by atoms with Crippen molar-refractivity contribution in [1.82, 2.24) is 19.6 Å². The molecule has 0 saturated carbocycles. The minimum atomic E-state index is 1.14. The van der Waals surface area contributed by atoms with E-state index in [1.54, 1.807) is 5.57 Å². The van der Waals surface area contributed by atoms with Crippen molar-refractivity contribution in [2.24, 2.45) is 0 Å². The second-order valence-corrected chi connectivity index (χ2v) is 7.53. The molecule has 0 atom stereocenters. The van der Waals surface area contributed by atoms with Gasteiger partial charge in [-0.15, -0.1) is 0 Å². The summed E-state index contributed by atoms with van der Waals surface area (Å²) in [6.45, 7) is 16.2. The Balaban J connectivity index is 0.000000330. The quantitative estimate of drug-likeness (QED) is 0.619. The lowest BCUT2D eigenvalue weighted by Gasteiger charge is -2.28. The molecule has 3 aliphatic heterocycles. The van der Waals surface area contributed by atoms with Crippen LogP contribution in [0.2, 0.25) is 0 Å². The molecule has 2 saturated heterocycles. The molecule has 0 N–H and O–H groups in total. The van der Waals surface area contributed by atoms with Crippen molar-refractivity contribution < 1.29 is 0 Å². The van der Waals surface area contributed by atoms with Gasteiger partial charge in [0.25, 0.3) is 0 Å². The second kappa shape index (κ2) is 15.8. The molecule has 25 heavy (non-hydrogen) atoms. The Bertz CT molecular complexity index is 306. The minimum absolute atomic E-state index is 1.14. The van der Waals surface area contributed by atoms with Crippen LogP contribution in [0.4, 0.5) is 0 Å². The van der Waals surface area contributed by atoms with Gasteiger partial charge in [0.1, 0.15) is 0 Å². The molecule has 3 rings (SSSR count). The van der Waals surface area contributed by atoms with E-state index >= 15 is 0 Å². The third kappa shape index (κ3) is 14.4. The van der Waals surface area contributed by atoms with Gasteiger partial charge in [0.05, 0.1) is 0 Å². The highest BCUT2D eigenvalue weighted by Crippen LogP contribution is 2.06. The van der Waals surface area contributed by atoms with Crippen molar-refractivity contribution >= 4 is 0 Å². The highest BCUT2D eigenvalue weighted by Gasteiger charge is 2.07. The lowest BCUT2D eigenvalue weighted by molar-refractivity contribution is 0.181. The van der Waals surface area contributed by atoms with Gasteiger partial charge in [-0.1, -0.05) is 31.9 Å². The minimum Gasteiger partial charge on any atom is -0.306 e. The van der Waals surface area contributed by atoms with Gasteiger partial charge in [-0.25, -0.2) is 0 Å². The second-order valence-electron chi connectivity index (χ2n) is 7.53. The van der Waals surface area contributed by atoms with Crippen molar-refractivity contribution in [3.63, 3.8) is 0 Å². The van der Waals surface area contributed by atoms with E-state index in [1.165, 1.54) is 71.5 Å². The van der Waals surface area contributed by atoms with Gasteiger partial charge in [0.2, 0.25) is 0 Å². The van der Waals surface area contributed by atoms with E-state index in [1.807, 2.05) is 13.8 Å². The number of likely N-dealkylation sites (tertiary alicyclic amines) is 1. The van der Waals surface area contributed by atoms with Crippen LogP contribution in [-0.2, 0) is 0 Å². The topological polar surface area (TPSA) is 13.0 Å². The van der Waals surface area contributed by atoms with E-state index < -0.39 is 0 Å². The predicted molar refractivity (Wildman–Crippen MR) is 114 cm³/mol. The molecule has 4 nitrogen and oxygen atoms in total. The van der Waals surface area contributed by atoms with Crippen molar-refractivity contribution in [1.29, 1.82) is 0 Å². The molecular weight excluding hydrogens is 308 g/mol. The van der Waals surface area contributed by atoms with Crippen LogP contribution >= 0.6 is 0 Å². The standard InChI is InChI=1S/C7H13N.C6H14N2.C6H13N.C2H6/c2*1-7-3-5-8(2)6-4-7;1-7-5-3-2-4-6-7;1-2/h3H,4-6H2,1-2H3;3-6H2,1-2H3;2-6H2,1H3;1-2H3. The lowest BCUT2D eigenvalue weighted by Crippen LogP contribution is -2.42. The summed E-state index contributed by atoms with van der Waals surface area (Å²) >= 11 is 0. The molecule has 0 amide bonds. The fraction of sp³-hybridized carbons (Fsp3) is 0.905. The summed E-state index contributed by atoms with van der Waals surface area (Å²) in [5.74, 6) is 0. The average Bonchev–Trinajstić information content (AvgIpc) is 2.64. The molecule has 0 spiro atoms. The molecule has 0 aliphatic carbocycles. The molecule has 0 unspecified atom stereocenters. The molecule has 4 heteroatoms. The number of piperidine rings is 1. The molecule has 0 bridgehead atoms. The van der Waals surface area contributed by atoms with Crippen molar-refractivity contribution in [3.05, 3.63) is 11.6 Å². The van der Waals surface area contributed by atoms with E-state index in [0.29, 0.717) is 0 Å². The summed E-state index contributed by atoms with van der Waals surface area (Å²) in [5, 5.41) is 0. The van der Waals surface area contributed by atoms with Gasteiger partial charge in [0.15, 0.2) is 0 Å². The first-order valence-corrected chi connectivity index (χ1v) is 10.4. The zero-order valence-corrected chi connectivity index (χ0v) is 18.4. The average molecular weight is 355 g/mol. The molecule has 0 radical (unpaired) electrons. The smallest absolute Gasteiger partial charge is 0.0162 e. The third-order valence-electron chi connectivity index (χ3n) is 4.95. The molecule has 0 aromatic carbocycles. The first kappa shape index (κ1) is 24.6. The molecule has 150 valence electrons. The van der Waals surface area contributed by atoms with E-state index in [9.17, 15) is 0 Å². The lowest BCUT2D eigenvalue weighted by atomic mass is 10.1. The van der Waals surface area contributed by atoms with Crippen molar-refractivity contribution in [3.8, 4) is 0 Å². The summed E-state index contributed by atoms with van der Waals surface area (Å²) in [6, 6.07) is 0. The van der Waals surface area contributed by atoms with Gasteiger partial charge in [-0.3, -0.25) is 0 Å². The van der Waals surface area contributed by atoms with Crippen LogP contribution < -0.4 is 0 Å². The normalized spacial score (nSPS) is 23.1. The number of rotatable bonds is 0. The Morgan fingerprint density at radius 1 is 0.600 bits per heavy atom. The summed E-state index contributed by atoms with van der Waals surface area (Å²) in [5.41, 5.74) is 1.54. The van der Waals surface area contributed by atoms with Gasteiger partial charge in [0, 0.05) is 39.3 Å². The summed E-state index contributed by atoms with van der Waals surface area (Å²) < 4.78 is 0. The molecule has 3 heterocycles. The van der Waals surface area contributed by atoms with Gasteiger partial charge >= 0.3 is 0 Å². The van der Waals surface area contributed by atoms with E-state index in [2.05, 4.69) is 60.8 Å². The Morgan fingerprint density at radius 3 is 1.32 bits per heavy atom. The number of nitrogens with zero attached hydrogens (tertiary/aromatic N) is 4. The Hall–Kier alpha value is -0.420. The van der Waals surface area contributed by atoms with Crippen molar-refractivity contribution in [2.75, 3.05) is 80.5 Å². The van der Waals surface area contributed by atoms with Crippen LogP contribution in [0.3, 0.4) is 0 Å². The van der Waals surface area contributed by atoms with E-state index in [0.717, 1.165) is 6.54 Å². The van der Waals surface area contributed by atoms with E-state index in [4.69, 9.17) is 0 Å². The van der Waals surface area contributed by atoms with Crippen LogP contribution in [0.5, 0.6) is 0 Å². The van der Waals surface area contributed by atoms with Gasteiger partial charge < -0.3 is 19.6 Å². The Labute approximate surface area is 158 Å². The Morgan fingerprint density at radius 2 is 1.04 bits per heavy atom. The molecule has 2 fully saturated rings. The van der Waals surface area contributed by atoms with Gasteiger partial charge in [-0.05, 0) is 67.5 Å². The largest absolute Gasteiger partial charge is 0.306 e. The number of hydrogen-bond acceptors (Lipinski definition) is 4. The zero-order valence-electron chi connectivity index (χ0n) is 18.4. The monoisotopic (exact) mass is 354 g/mol.